The van der Waals surface area contributed by atoms with E-state index in [9.17, 15) is 5.11 Å². The van der Waals surface area contributed by atoms with Crippen molar-refractivity contribution in [3.63, 3.8) is 0 Å². The van der Waals surface area contributed by atoms with Crippen LogP contribution in [0.3, 0.4) is 0 Å². The molecule has 1 aliphatic heterocycles. The number of halogens is 2. The Morgan fingerprint density at radius 2 is 1.97 bits per heavy atom. The summed E-state index contributed by atoms with van der Waals surface area (Å²) in [6, 6.07) is 16.4. The topological polar surface area (TPSA) is 27.4 Å². The minimum Gasteiger partial charge on any atom is -1.00 e. The predicted molar refractivity (Wildman–Crippen MR) is 125 cm³/mol. The molecule has 0 unspecified atom stereocenters. The fraction of sp³-hybridized carbons (Fsp3) is 0.208. The highest BCUT2D eigenvalue weighted by molar-refractivity contribution is 8.03. The molecular formula is C24H26BrClN2OS. The summed E-state index contributed by atoms with van der Waals surface area (Å²) in [5, 5.41) is 12.4. The van der Waals surface area contributed by atoms with Crippen molar-refractivity contribution in [3.8, 4) is 0 Å². The zero-order chi connectivity index (χ0) is 19.5. The van der Waals surface area contributed by atoms with Crippen molar-refractivity contribution in [1.29, 1.82) is 0 Å². The molecule has 2 heterocycles. The van der Waals surface area contributed by atoms with Crippen molar-refractivity contribution in [2.75, 3.05) is 18.1 Å². The molecule has 0 atom stereocenters. The summed E-state index contributed by atoms with van der Waals surface area (Å²) in [6.07, 6.45) is 8.44. The number of anilines is 1. The van der Waals surface area contributed by atoms with Crippen LogP contribution in [0.25, 0.3) is 17.0 Å². The van der Waals surface area contributed by atoms with Gasteiger partial charge in [-0.25, -0.2) is 0 Å². The average molecular weight is 506 g/mol. The molecule has 158 valence electrons. The van der Waals surface area contributed by atoms with Crippen LogP contribution in [0.15, 0.2) is 76.8 Å². The van der Waals surface area contributed by atoms with E-state index in [1.807, 2.05) is 30.5 Å². The van der Waals surface area contributed by atoms with E-state index in [-0.39, 0.29) is 31.0 Å². The second-order valence-electron chi connectivity index (χ2n) is 6.53. The van der Waals surface area contributed by atoms with E-state index in [1.165, 1.54) is 21.0 Å². The van der Waals surface area contributed by atoms with Gasteiger partial charge in [-0.1, -0.05) is 55.1 Å². The van der Waals surface area contributed by atoms with E-state index in [2.05, 4.69) is 58.9 Å². The lowest BCUT2D eigenvalue weighted by Gasteiger charge is -2.17. The lowest BCUT2D eigenvalue weighted by molar-refractivity contribution is -0.672. The molecule has 0 spiro atoms. The van der Waals surface area contributed by atoms with Gasteiger partial charge in [0.15, 0.2) is 12.7 Å². The number of allylic oxidation sites excluding steroid dienone is 2. The molecule has 0 saturated carbocycles. The zero-order valence-corrected chi connectivity index (χ0v) is 19.2. The molecule has 0 aliphatic carbocycles. The monoisotopic (exact) mass is 504 g/mol. The minimum absolute atomic E-state index is 0. The van der Waals surface area contributed by atoms with Gasteiger partial charge in [0.1, 0.15) is 6.61 Å². The normalized spacial score (nSPS) is 14.1. The third-order valence-corrected chi connectivity index (χ3v) is 6.19. The second kappa shape index (κ2) is 11.0. The SMILES string of the molecule is C.CCN1C(=CC=Cc2cc[n+](CCO)c3ccccc23)Sc2ccc(Cl)cc21.[Br-]. The van der Waals surface area contributed by atoms with Gasteiger partial charge in [-0.3, -0.25) is 0 Å². The summed E-state index contributed by atoms with van der Waals surface area (Å²) in [4.78, 5) is 3.52. The molecule has 1 aliphatic rings. The van der Waals surface area contributed by atoms with Crippen molar-refractivity contribution < 1.29 is 26.7 Å². The summed E-state index contributed by atoms with van der Waals surface area (Å²) in [5.41, 5.74) is 3.46. The molecule has 0 bridgehead atoms. The zero-order valence-electron chi connectivity index (χ0n) is 16.1. The van der Waals surface area contributed by atoms with Crippen LogP contribution in [0, 0.1) is 0 Å². The van der Waals surface area contributed by atoms with Crippen molar-refractivity contribution in [2.45, 2.75) is 25.8 Å². The quantitative estimate of drug-likeness (QED) is 0.540. The molecule has 0 saturated heterocycles. The van der Waals surface area contributed by atoms with E-state index in [0.29, 0.717) is 6.54 Å². The molecule has 1 N–H and O–H groups in total. The summed E-state index contributed by atoms with van der Waals surface area (Å²) >= 11 is 7.95. The largest absolute Gasteiger partial charge is 1.00 e. The number of rotatable bonds is 5. The lowest BCUT2D eigenvalue weighted by Crippen LogP contribution is -3.00. The number of benzene rings is 2. The first-order chi connectivity index (χ1) is 13.7. The van der Waals surface area contributed by atoms with Crippen molar-refractivity contribution in [1.82, 2.24) is 0 Å². The third-order valence-electron chi connectivity index (χ3n) is 4.82. The highest BCUT2D eigenvalue weighted by Crippen LogP contribution is 2.46. The maximum absolute atomic E-state index is 9.29. The van der Waals surface area contributed by atoms with Gasteiger partial charge in [0.2, 0.25) is 5.52 Å². The number of aromatic nitrogens is 1. The molecule has 3 nitrogen and oxygen atoms in total. The van der Waals surface area contributed by atoms with Crippen LogP contribution in [-0.4, -0.2) is 18.3 Å². The van der Waals surface area contributed by atoms with Gasteiger partial charge in [-0.05, 0) is 42.8 Å². The van der Waals surface area contributed by atoms with Gasteiger partial charge in [0.25, 0.3) is 0 Å². The number of hydrogen-bond donors (Lipinski definition) is 1. The van der Waals surface area contributed by atoms with Crippen LogP contribution in [0.4, 0.5) is 5.69 Å². The van der Waals surface area contributed by atoms with E-state index in [4.69, 9.17) is 11.6 Å². The molecular weight excluding hydrogens is 480 g/mol. The Hall–Kier alpha value is -1.79. The van der Waals surface area contributed by atoms with Crippen LogP contribution in [0.5, 0.6) is 0 Å². The maximum atomic E-state index is 9.29. The first kappa shape index (κ1) is 24.5. The standard InChI is InChI=1S/C23H22ClN2OS.CH4.BrH/c1-2-26-21-16-18(24)10-11-22(21)28-23(26)9-5-6-17-12-13-25(14-15-27)20-8-4-3-7-19(17)20;;/h3-13,16,27H,2,14-15H2,1H3;1H4;1H/q+1;;/p-1. The Bertz CT molecular complexity index is 1080. The number of aliphatic hydroxyl groups excluding tert-OH is 1. The van der Waals surface area contributed by atoms with E-state index >= 15 is 0 Å². The summed E-state index contributed by atoms with van der Waals surface area (Å²) in [5.74, 6) is 0. The molecule has 2 aromatic carbocycles. The summed E-state index contributed by atoms with van der Waals surface area (Å²) in [7, 11) is 0. The van der Waals surface area contributed by atoms with Gasteiger partial charge in [0.05, 0.1) is 16.1 Å². The maximum Gasteiger partial charge on any atom is 0.213 e. The van der Waals surface area contributed by atoms with Gasteiger partial charge < -0.3 is 27.0 Å². The first-order valence-electron chi connectivity index (χ1n) is 9.36. The van der Waals surface area contributed by atoms with Crippen LogP contribution < -0.4 is 26.4 Å². The highest BCUT2D eigenvalue weighted by Gasteiger charge is 2.23. The number of thioether (sulfide) groups is 1. The first-order valence-corrected chi connectivity index (χ1v) is 10.6. The molecule has 0 radical (unpaired) electrons. The molecule has 6 heteroatoms. The van der Waals surface area contributed by atoms with Gasteiger partial charge in [-0.2, -0.15) is 4.57 Å². The molecule has 4 rings (SSSR count). The number of fused-ring (bicyclic) bond motifs is 2. The molecule has 1 aromatic heterocycles. The van der Waals surface area contributed by atoms with Crippen molar-refractivity contribution in [3.05, 3.63) is 82.5 Å². The highest BCUT2D eigenvalue weighted by atomic mass is 79.9. The lowest BCUT2D eigenvalue weighted by atomic mass is 10.1. The summed E-state index contributed by atoms with van der Waals surface area (Å²) < 4.78 is 2.08. The summed E-state index contributed by atoms with van der Waals surface area (Å²) in [6.45, 7) is 3.77. The fourth-order valence-corrected chi connectivity index (χ4v) is 4.80. The number of pyridine rings is 1. The van der Waals surface area contributed by atoms with Gasteiger partial charge in [-0.15, -0.1) is 0 Å². The Kier molecular flexibility index (Phi) is 8.98. The predicted octanol–water partition coefficient (Wildman–Crippen LogP) is 2.90. The number of aliphatic hydroxyl groups is 1. The Labute approximate surface area is 198 Å². The van der Waals surface area contributed by atoms with E-state index in [0.717, 1.165) is 22.6 Å². The number of nitrogens with zero attached hydrogens (tertiary/aromatic N) is 2. The van der Waals surface area contributed by atoms with E-state index in [1.54, 1.807) is 11.8 Å². The van der Waals surface area contributed by atoms with Crippen LogP contribution in [0.2, 0.25) is 5.02 Å². The number of para-hydroxylation sites is 1. The third kappa shape index (κ3) is 4.92. The van der Waals surface area contributed by atoms with Crippen LogP contribution in [0.1, 0.15) is 19.9 Å². The van der Waals surface area contributed by atoms with Crippen molar-refractivity contribution >= 4 is 46.0 Å². The second-order valence-corrected chi connectivity index (χ2v) is 8.03. The van der Waals surface area contributed by atoms with Crippen molar-refractivity contribution in [2.24, 2.45) is 0 Å². The number of hydrogen-bond acceptors (Lipinski definition) is 3. The Balaban J connectivity index is 0.00000160. The average Bonchev–Trinajstić information content (AvgIpc) is 3.06. The van der Waals surface area contributed by atoms with Crippen LogP contribution in [-0.2, 0) is 6.54 Å². The molecule has 30 heavy (non-hydrogen) atoms. The van der Waals surface area contributed by atoms with Crippen LogP contribution >= 0.6 is 23.4 Å². The van der Waals surface area contributed by atoms with E-state index < -0.39 is 0 Å². The van der Waals surface area contributed by atoms with Gasteiger partial charge >= 0.3 is 0 Å². The fourth-order valence-electron chi connectivity index (χ4n) is 3.52. The molecule has 0 fully saturated rings. The minimum atomic E-state index is 0. The van der Waals surface area contributed by atoms with Gasteiger partial charge in [0, 0.05) is 28.6 Å². The molecule has 3 aromatic rings. The Morgan fingerprint density at radius 3 is 2.73 bits per heavy atom. The Morgan fingerprint density at radius 1 is 1.17 bits per heavy atom. The smallest absolute Gasteiger partial charge is 0.213 e. The molecule has 0 amide bonds.